The minimum atomic E-state index is -0.636. The summed E-state index contributed by atoms with van der Waals surface area (Å²) in [5.41, 5.74) is 3.95. The molecule has 0 fully saturated rings. The van der Waals surface area contributed by atoms with Crippen LogP contribution in [0.15, 0.2) is 29.3 Å². The molecule has 28 heavy (non-hydrogen) atoms. The number of amides is 1. The number of nitrogens with one attached hydrogen (secondary N) is 1. The van der Waals surface area contributed by atoms with Crippen molar-refractivity contribution in [3.63, 3.8) is 0 Å². The van der Waals surface area contributed by atoms with Gasteiger partial charge in [-0.1, -0.05) is 24.6 Å². The summed E-state index contributed by atoms with van der Waals surface area (Å²) in [5.74, 6) is 0.429. The van der Waals surface area contributed by atoms with E-state index in [-0.39, 0.29) is 11.5 Å². The van der Waals surface area contributed by atoms with Crippen molar-refractivity contribution in [2.75, 3.05) is 5.32 Å². The molecule has 6 heteroatoms. The number of rotatable bonds is 3. The van der Waals surface area contributed by atoms with E-state index in [4.69, 9.17) is 0 Å². The number of carbonyl (C=O) groups excluding carboxylic acids is 1. The first kappa shape index (κ1) is 18.9. The van der Waals surface area contributed by atoms with Crippen molar-refractivity contribution in [1.29, 1.82) is 0 Å². The Morgan fingerprint density at radius 1 is 1.36 bits per heavy atom. The van der Waals surface area contributed by atoms with Gasteiger partial charge < -0.3 is 5.32 Å². The van der Waals surface area contributed by atoms with Gasteiger partial charge in [-0.15, -0.1) is 11.3 Å². The third-order valence-corrected chi connectivity index (χ3v) is 6.84. The van der Waals surface area contributed by atoms with Crippen LogP contribution in [0.4, 0.5) is 5.69 Å². The average Bonchev–Trinajstić information content (AvgIpc) is 3.02. The van der Waals surface area contributed by atoms with Crippen LogP contribution >= 0.6 is 11.3 Å². The lowest BCUT2D eigenvalue weighted by Crippen LogP contribution is -2.32. The number of aromatic nitrogens is 2. The number of nitrogens with zero attached hydrogens (tertiary/aromatic N) is 2. The number of hydrogen-bond acceptors (Lipinski definition) is 4. The van der Waals surface area contributed by atoms with Crippen LogP contribution in [-0.2, 0) is 17.6 Å². The maximum atomic E-state index is 13.2. The van der Waals surface area contributed by atoms with E-state index in [0.717, 1.165) is 46.5 Å². The Morgan fingerprint density at radius 3 is 2.89 bits per heavy atom. The Morgan fingerprint density at radius 2 is 2.14 bits per heavy atom. The lowest BCUT2D eigenvalue weighted by Gasteiger charge is -2.18. The van der Waals surface area contributed by atoms with E-state index in [2.05, 4.69) is 17.2 Å². The summed E-state index contributed by atoms with van der Waals surface area (Å²) < 4.78 is 1.46. The standard InChI is InChI=1S/C22H25N3O2S/c1-12-6-8-17(14(3)9-12)24-20(26)15(4)25-11-23-21-19(22(25)27)16-7-5-13(2)10-18(16)28-21/h6,8-9,11,13,15H,5,7,10H2,1-4H3,(H,24,26)/t13-,15-/m1/s1. The largest absolute Gasteiger partial charge is 0.324 e. The first-order valence-electron chi connectivity index (χ1n) is 9.74. The van der Waals surface area contributed by atoms with Gasteiger partial charge in [0.1, 0.15) is 10.9 Å². The highest BCUT2D eigenvalue weighted by atomic mass is 32.1. The van der Waals surface area contributed by atoms with Crippen molar-refractivity contribution in [3.05, 3.63) is 56.4 Å². The lowest BCUT2D eigenvalue weighted by atomic mass is 9.89. The van der Waals surface area contributed by atoms with Gasteiger partial charge in [0.25, 0.3) is 5.56 Å². The molecule has 3 aromatic rings. The van der Waals surface area contributed by atoms with Crippen molar-refractivity contribution in [2.24, 2.45) is 5.92 Å². The highest BCUT2D eigenvalue weighted by molar-refractivity contribution is 7.18. The van der Waals surface area contributed by atoms with Crippen LogP contribution in [0.5, 0.6) is 0 Å². The maximum Gasteiger partial charge on any atom is 0.263 e. The summed E-state index contributed by atoms with van der Waals surface area (Å²) in [6.07, 6.45) is 4.54. The Hall–Kier alpha value is -2.47. The fourth-order valence-electron chi connectivity index (χ4n) is 3.94. The number of benzene rings is 1. The van der Waals surface area contributed by atoms with Crippen LogP contribution in [0, 0.1) is 19.8 Å². The summed E-state index contributed by atoms with van der Waals surface area (Å²) in [4.78, 5) is 32.6. The van der Waals surface area contributed by atoms with Crippen LogP contribution in [0.25, 0.3) is 10.2 Å². The van der Waals surface area contributed by atoms with E-state index in [1.807, 2.05) is 32.0 Å². The number of aryl methyl sites for hydroxylation is 3. The molecule has 1 aromatic carbocycles. The Balaban J connectivity index is 1.67. The normalized spacial score (nSPS) is 17.4. The average molecular weight is 396 g/mol. The number of anilines is 1. The van der Waals surface area contributed by atoms with Crippen LogP contribution in [0.1, 0.15) is 47.9 Å². The van der Waals surface area contributed by atoms with Crippen LogP contribution in [-0.4, -0.2) is 15.5 Å². The molecule has 0 spiro atoms. The number of hydrogen-bond donors (Lipinski definition) is 1. The monoisotopic (exact) mass is 395 g/mol. The molecule has 0 saturated heterocycles. The van der Waals surface area contributed by atoms with E-state index in [0.29, 0.717) is 11.3 Å². The molecule has 0 bridgehead atoms. The van der Waals surface area contributed by atoms with E-state index in [1.165, 1.54) is 15.8 Å². The summed E-state index contributed by atoms with van der Waals surface area (Å²) in [5, 5.41) is 3.66. The number of carbonyl (C=O) groups is 1. The molecule has 0 unspecified atom stereocenters. The van der Waals surface area contributed by atoms with Gasteiger partial charge in [-0.05, 0) is 63.1 Å². The zero-order chi connectivity index (χ0) is 20.0. The first-order chi connectivity index (χ1) is 13.3. The minimum absolute atomic E-state index is 0.111. The van der Waals surface area contributed by atoms with Gasteiger partial charge in [0.05, 0.1) is 11.7 Å². The fourth-order valence-corrected chi connectivity index (χ4v) is 5.28. The molecule has 2 atom stereocenters. The SMILES string of the molecule is Cc1ccc(NC(=O)[C@@H](C)n2cnc3sc4c(c3c2=O)CC[C@@H](C)C4)c(C)c1. The van der Waals surface area contributed by atoms with Crippen molar-refractivity contribution < 1.29 is 4.79 Å². The van der Waals surface area contributed by atoms with E-state index < -0.39 is 6.04 Å². The highest BCUT2D eigenvalue weighted by Crippen LogP contribution is 2.35. The Labute approximate surface area is 168 Å². The molecule has 0 aliphatic heterocycles. The molecule has 1 aliphatic rings. The second-order valence-electron chi connectivity index (χ2n) is 7.97. The van der Waals surface area contributed by atoms with Gasteiger partial charge in [0, 0.05) is 10.6 Å². The van der Waals surface area contributed by atoms with Crippen molar-refractivity contribution in [3.8, 4) is 0 Å². The Bertz CT molecular complexity index is 1130. The summed E-state index contributed by atoms with van der Waals surface area (Å²) in [6, 6.07) is 5.25. The third kappa shape index (κ3) is 3.26. The molecule has 1 amide bonds. The highest BCUT2D eigenvalue weighted by Gasteiger charge is 2.25. The van der Waals surface area contributed by atoms with E-state index >= 15 is 0 Å². The Kier molecular flexibility index (Phi) is 4.83. The van der Waals surface area contributed by atoms with Gasteiger partial charge >= 0.3 is 0 Å². The summed E-state index contributed by atoms with van der Waals surface area (Å²) in [7, 11) is 0. The van der Waals surface area contributed by atoms with Crippen LogP contribution in [0.3, 0.4) is 0 Å². The molecule has 5 nitrogen and oxygen atoms in total. The molecule has 4 rings (SSSR count). The van der Waals surface area contributed by atoms with Crippen LogP contribution < -0.4 is 10.9 Å². The zero-order valence-corrected chi connectivity index (χ0v) is 17.5. The second kappa shape index (κ2) is 7.17. The molecule has 2 heterocycles. The van der Waals surface area contributed by atoms with Gasteiger partial charge in [0.15, 0.2) is 0 Å². The van der Waals surface area contributed by atoms with Crippen molar-refractivity contribution in [2.45, 2.75) is 53.0 Å². The molecule has 1 aliphatic carbocycles. The fraction of sp³-hybridized carbons (Fsp3) is 0.409. The quantitative estimate of drug-likeness (QED) is 0.715. The van der Waals surface area contributed by atoms with Gasteiger partial charge in [-0.2, -0.15) is 0 Å². The number of fused-ring (bicyclic) bond motifs is 3. The minimum Gasteiger partial charge on any atom is -0.324 e. The molecular weight excluding hydrogens is 370 g/mol. The molecule has 0 saturated carbocycles. The topological polar surface area (TPSA) is 64.0 Å². The van der Waals surface area contributed by atoms with Gasteiger partial charge in [0.2, 0.25) is 5.91 Å². The van der Waals surface area contributed by atoms with Crippen molar-refractivity contribution >= 4 is 33.1 Å². The molecule has 1 N–H and O–H groups in total. The summed E-state index contributed by atoms with van der Waals surface area (Å²) in [6.45, 7) is 7.98. The molecular formula is C22H25N3O2S. The molecule has 0 radical (unpaired) electrons. The van der Waals surface area contributed by atoms with Crippen LogP contribution in [0.2, 0.25) is 0 Å². The molecule has 146 valence electrons. The van der Waals surface area contributed by atoms with E-state index in [9.17, 15) is 9.59 Å². The maximum absolute atomic E-state index is 13.2. The smallest absolute Gasteiger partial charge is 0.263 e. The third-order valence-electron chi connectivity index (χ3n) is 5.68. The zero-order valence-electron chi connectivity index (χ0n) is 16.7. The van der Waals surface area contributed by atoms with Crippen molar-refractivity contribution in [1.82, 2.24) is 9.55 Å². The first-order valence-corrected chi connectivity index (χ1v) is 10.6. The summed E-state index contributed by atoms with van der Waals surface area (Å²) >= 11 is 1.63. The van der Waals surface area contributed by atoms with E-state index in [1.54, 1.807) is 18.3 Å². The predicted octanol–water partition coefficient (Wildman–Crippen LogP) is 4.40. The number of thiophene rings is 1. The van der Waals surface area contributed by atoms with Gasteiger partial charge in [-0.25, -0.2) is 4.98 Å². The lowest BCUT2D eigenvalue weighted by molar-refractivity contribution is -0.118. The molecule has 2 aromatic heterocycles. The second-order valence-corrected chi connectivity index (χ2v) is 9.06. The predicted molar refractivity (Wildman–Crippen MR) is 114 cm³/mol. The van der Waals surface area contributed by atoms with Gasteiger partial charge in [-0.3, -0.25) is 14.2 Å².